The first-order chi connectivity index (χ1) is 9.84. The summed E-state index contributed by atoms with van der Waals surface area (Å²) in [5, 5.41) is 0. The minimum atomic E-state index is -0.983. The number of benzene rings is 1. The van der Waals surface area contributed by atoms with E-state index in [4.69, 9.17) is 10.5 Å². The number of hydrogen-bond donors (Lipinski definition) is 1. The molecule has 118 valence electrons. The van der Waals surface area contributed by atoms with E-state index in [1.807, 2.05) is 13.8 Å². The average Bonchev–Trinajstić information content (AvgIpc) is 2.40. The van der Waals surface area contributed by atoms with E-state index in [9.17, 15) is 13.6 Å². The second kappa shape index (κ2) is 7.50. The van der Waals surface area contributed by atoms with Crippen molar-refractivity contribution < 1.29 is 18.3 Å². The predicted octanol–water partition coefficient (Wildman–Crippen LogP) is 3.06. The number of nitrogens with two attached hydrogens (primary N) is 1. The first-order valence-electron chi connectivity index (χ1n) is 7.16. The molecule has 0 aliphatic heterocycles. The number of esters is 1. The number of ether oxygens (including phenoxy) is 1. The van der Waals surface area contributed by atoms with Gasteiger partial charge in [-0.25, -0.2) is 8.78 Å². The summed E-state index contributed by atoms with van der Waals surface area (Å²) in [6.45, 7) is 5.94. The molecule has 2 N–H and O–H groups in total. The minimum absolute atomic E-state index is 0.0564. The molecule has 0 aromatic heterocycles. The van der Waals surface area contributed by atoms with Gasteiger partial charge >= 0.3 is 5.97 Å². The molecular weight excluding hydrogens is 276 g/mol. The van der Waals surface area contributed by atoms with E-state index >= 15 is 0 Å². The van der Waals surface area contributed by atoms with E-state index < -0.39 is 23.0 Å². The van der Waals surface area contributed by atoms with Crippen molar-refractivity contribution in [2.45, 2.75) is 33.6 Å². The highest BCUT2D eigenvalue weighted by Gasteiger charge is 2.40. The number of carbonyl (C=O) groups excluding carboxylic acids is 1. The molecule has 1 aromatic rings. The topological polar surface area (TPSA) is 52.3 Å². The Hall–Kier alpha value is -1.49. The standard InChI is InChI=1S/C16H23F2NO2/c1-4-21-15(20)16(10-19,8-11(2)3)9-12-5-6-13(17)7-14(12)18/h5-7,11H,4,8-10,19H2,1-3H3. The number of halogens is 2. The van der Waals surface area contributed by atoms with Gasteiger partial charge in [0, 0.05) is 12.6 Å². The lowest BCUT2D eigenvalue weighted by molar-refractivity contribution is -0.156. The van der Waals surface area contributed by atoms with Gasteiger partial charge in [-0.2, -0.15) is 0 Å². The fourth-order valence-electron chi connectivity index (χ4n) is 2.56. The van der Waals surface area contributed by atoms with Gasteiger partial charge in [-0.15, -0.1) is 0 Å². The van der Waals surface area contributed by atoms with Crippen LogP contribution in [0.4, 0.5) is 8.78 Å². The fraction of sp³-hybridized carbons (Fsp3) is 0.562. The SMILES string of the molecule is CCOC(=O)C(CN)(Cc1ccc(F)cc1F)CC(C)C. The third-order valence-electron chi connectivity index (χ3n) is 3.44. The molecule has 0 radical (unpaired) electrons. The predicted molar refractivity (Wildman–Crippen MR) is 77.6 cm³/mol. The van der Waals surface area contributed by atoms with Crippen molar-refractivity contribution in [3.63, 3.8) is 0 Å². The van der Waals surface area contributed by atoms with Crippen LogP contribution in [-0.2, 0) is 16.0 Å². The second-order valence-electron chi connectivity index (χ2n) is 5.72. The Morgan fingerprint density at radius 2 is 2.05 bits per heavy atom. The zero-order chi connectivity index (χ0) is 16.0. The summed E-state index contributed by atoms with van der Waals surface area (Å²) in [4.78, 5) is 12.3. The highest BCUT2D eigenvalue weighted by Crippen LogP contribution is 2.32. The maximum atomic E-state index is 13.9. The smallest absolute Gasteiger partial charge is 0.313 e. The third-order valence-corrected chi connectivity index (χ3v) is 3.44. The lowest BCUT2D eigenvalue weighted by Gasteiger charge is -2.32. The molecule has 1 atom stereocenters. The lowest BCUT2D eigenvalue weighted by atomic mass is 9.75. The van der Waals surface area contributed by atoms with Crippen molar-refractivity contribution in [3.05, 3.63) is 35.4 Å². The molecular formula is C16H23F2NO2. The zero-order valence-corrected chi connectivity index (χ0v) is 12.8. The second-order valence-corrected chi connectivity index (χ2v) is 5.72. The van der Waals surface area contributed by atoms with Gasteiger partial charge in [0.25, 0.3) is 0 Å². The molecule has 5 heteroatoms. The van der Waals surface area contributed by atoms with E-state index in [2.05, 4.69) is 0 Å². The Kier molecular flexibility index (Phi) is 6.27. The van der Waals surface area contributed by atoms with E-state index in [0.717, 1.165) is 6.07 Å². The van der Waals surface area contributed by atoms with Gasteiger partial charge in [0.1, 0.15) is 11.6 Å². The molecule has 1 rings (SSSR count). The zero-order valence-electron chi connectivity index (χ0n) is 12.8. The molecule has 0 aliphatic rings. The summed E-state index contributed by atoms with van der Waals surface area (Å²) in [5.74, 6) is -1.54. The molecule has 3 nitrogen and oxygen atoms in total. The van der Waals surface area contributed by atoms with Crippen molar-refractivity contribution in [1.82, 2.24) is 0 Å². The minimum Gasteiger partial charge on any atom is -0.466 e. The van der Waals surface area contributed by atoms with Crippen molar-refractivity contribution in [3.8, 4) is 0 Å². The summed E-state index contributed by atoms with van der Waals surface area (Å²) in [5.41, 5.74) is 5.11. The average molecular weight is 299 g/mol. The van der Waals surface area contributed by atoms with Gasteiger partial charge in [0.15, 0.2) is 0 Å². The van der Waals surface area contributed by atoms with Gasteiger partial charge in [0.2, 0.25) is 0 Å². The van der Waals surface area contributed by atoms with Crippen LogP contribution in [0.5, 0.6) is 0 Å². The van der Waals surface area contributed by atoms with Crippen LogP contribution in [0.15, 0.2) is 18.2 Å². The molecule has 0 spiro atoms. The fourth-order valence-corrected chi connectivity index (χ4v) is 2.56. The molecule has 0 heterocycles. The maximum absolute atomic E-state index is 13.9. The highest BCUT2D eigenvalue weighted by molar-refractivity contribution is 5.77. The van der Waals surface area contributed by atoms with Crippen molar-refractivity contribution >= 4 is 5.97 Å². The number of carbonyl (C=O) groups is 1. The van der Waals surface area contributed by atoms with Gasteiger partial charge < -0.3 is 10.5 Å². The molecule has 0 amide bonds. The molecule has 0 saturated carbocycles. The third kappa shape index (κ3) is 4.49. The summed E-state index contributed by atoms with van der Waals surface area (Å²) >= 11 is 0. The molecule has 0 bridgehead atoms. The van der Waals surface area contributed by atoms with E-state index in [-0.39, 0.29) is 31.1 Å². The molecule has 1 aromatic carbocycles. The lowest BCUT2D eigenvalue weighted by Crippen LogP contribution is -2.43. The Morgan fingerprint density at radius 3 is 2.52 bits per heavy atom. The largest absolute Gasteiger partial charge is 0.466 e. The van der Waals surface area contributed by atoms with Crippen LogP contribution in [0.1, 0.15) is 32.8 Å². The van der Waals surface area contributed by atoms with Crippen LogP contribution in [0.2, 0.25) is 0 Å². The Morgan fingerprint density at radius 1 is 1.38 bits per heavy atom. The van der Waals surface area contributed by atoms with Gasteiger partial charge in [-0.3, -0.25) is 4.79 Å². The Labute approximate surface area is 124 Å². The summed E-state index contributed by atoms with van der Waals surface area (Å²) in [6.07, 6.45) is 0.589. The number of rotatable bonds is 7. The van der Waals surface area contributed by atoms with Crippen molar-refractivity contribution in [2.75, 3.05) is 13.2 Å². The summed E-state index contributed by atoms with van der Waals surface area (Å²) in [6, 6.07) is 3.35. The molecule has 0 aliphatic carbocycles. The van der Waals surface area contributed by atoms with Crippen LogP contribution in [0.25, 0.3) is 0 Å². The molecule has 0 saturated heterocycles. The van der Waals surface area contributed by atoms with Crippen LogP contribution in [0, 0.1) is 23.0 Å². The quantitative estimate of drug-likeness (QED) is 0.787. The number of hydrogen-bond acceptors (Lipinski definition) is 3. The summed E-state index contributed by atoms with van der Waals surface area (Å²) < 4.78 is 32.0. The van der Waals surface area contributed by atoms with Crippen LogP contribution >= 0.6 is 0 Å². The normalized spacial score (nSPS) is 14.0. The first-order valence-corrected chi connectivity index (χ1v) is 7.16. The van der Waals surface area contributed by atoms with Crippen molar-refractivity contribution in [1.29, 1.82) is 0 Å². The maximum Gasteiger partial charge on any atom is 0.313 e. The van der Waals surface area contributed by atoms with Crippen molar-refractivity contribution in [2.24, 2.45) is 17.1 Å². The van der Waals surface area contributed by atoms with Gasteiger partial charge in [-0.1, -0.05) is 19.9 Å². The first kappa shape index (κ1) is 17.6. The molecule has 1 unspecified atom stereocenters. The van der Waals surface area contributed by atoms with Gasteiger partial charge in [-0.05, 0) is 37.3 Å². The highest BCUT2D eigenvalue weighted by atomic mass is 19.1. The Bertz CT molecular complexity index is 491. The van der Waals surface area contributed by atoms with Crippen LogP contribution < -0.4 is 5.73 Å². The molecule has 0 fully saturated rings. The van der Waals surface area contributed by atoms with E-state index in [1.54, 1.807) is 6.92 Å². The monoisotopic (exact) mass is 299 g/mol. The summed E-state index contributed by atoms with van der Waals surface area (Å²) in [7, 11) is 0. The van der Waals surface area contributed by atoms with Crippen LogP contribution in [0.3, 0.4) is 0 Å². The van der Waals surface area contributed by atoms with Crippen LogP contribution in [-0.4, -0.2) is 19.1 Å². The van der Waals surface area contributed by atoms with Gasteiger partial charge in [0.05, 0.1) is 12.0 Å². The van der Waals surface area contributed by atoms with E-state index in [1.165, 1.54) is 12.1 Å². The van der Waals surface area contributed by atoms with E-state index in [0.29, 0.717) is 6.42 Å². The Balaban J connectivity index is 3.13. The molecule has 21 heavy (non-hydrogen) atoms.